The maximum atomic E-state index is 12.1. The van der Waals surface area contributed by atoms with Gasteiger partial charge in [-0.3, -0.25) is 9.59 Å². The number of carbonyl (C=O) groups is 1. The Labute approximate surface area is 120 Å². The number of fused-ring (bicyclic) bond motifs is 1. The van der Waals surface area contributed by atoms with E-state index in [9.17, 15) is 9.59 Å². The minimum atomic E-state index is -0.476. The second kappa shape index (κ2) is 5.53. The number of ether oxygens (including phenoxy) is 1. The van der Waals surface area contributed by atoms with Crippen LogP contribution in [0.25, 0.3) is 10.9 Å². The van der Waals surface area contributed by atoms with Crippen molar-refractivity contribution in [3.63, 3.8) is 0 Å². The Morgan fingerprint density at radius 1 is 1.48 bits per heavy atom. The molecular formula is C14H16N4O3. The van der Waals surface area contributed by atoms with Crippen LogP contribution in [0, 0.1) is 0 Å². The highest BCUT2D eigenvalue weighted by molar-refractivity contribution is 5.93. The van der Waals surface area contributed by atoms with Crippen LogP contribution in [0.2, 0.25) is 0 Å². The van der Waals surface area contributed by atoms with E-state index in [2.05, 4.69) is 10.3 Å². The molecule has 1 amide bonds. The molecule has 21 heavy (non-hydrogen) atoms. The second-order valence-corrected chi connectivity index (χ2v) is 4.97. The summed E-state index contributed by atoms with van der Waals surface area (Å²) in [6.07, 6.45) is 1.93. The number of hydrogen-bond acceptors (Lipinski definition) is 5. The first-order chi connectivity index (χ1) is 10.2. The lowest BCUT2D eigenvalue weighted by molar-refractivity contribution is 0.0846. The smallest absolute Gasteiger partial charge is 0.289 e. The molecule has 0 unspecified atom stereocenters. The lowest BCUT2D eigenvalue weighted by Crippen LogP contribution is -2.40. The van der Waals surface area contributed by atoms with Gasteiger partial charge in [0.1, 0.15) is 0 Å². The summed E-state index contributed by atoms with van der Waals surface area (Å²) in [5.74, 6) is 5.11. The van der Waals surface area contributed by atoms with Crippen molar-refractivity contribution in [1.82, 2.24) is 15.0 Å². The third-order valence-electron chi connectivity index (χ3n) is 3.53. The zero-order valence-electron chi connectivity index (χ0n) is 11.4. The predicted molar refractivity (Wildman–Crippen MR) is 77.5 cm³/mol. The summed E-state index contributed by atoms with van der Waals surface area (Å²) >= 11 is 0. The molecule has 7 nitrogen and oxygen atoms in total. The molecule has 0 radical (unpaired) electrons. The first kappa shape index (κ1) is 13.6. The lowest BCUT2D eigenvalue weighted by atomic mass is 10.2. The number of para-hydroxylation sites is 1. The van der Waals surface area contributed by atoms with Crippen molar-refractivity contribution >= 4 is 16.8 Å². The SMILES string of the molecule is Nn1c(C(=O)NC[C@H]2CCCO2)nc2ccccc2c1=O. The number of aromatic nitrogens is 2. The summed E-state index contributed by atoms with van der Waals surface area (Å²) in [5, 5.41) is 3.09. The van der Waals surface area contributed by atoms with Crippen molar-refractivity contribution in [2.24, 2.45) is 0 Å². The number of amides is 1. The molecule has 1 fully saturated rings. The van der Waals surface area contributed by atoms with E-state index in [1.807, 2.05) is 0 Å². The van der Waals surface area contributed by atoms with Crippen LogP contribution in [0.15, 0.2) is 29.1 Å². The van der Waals surface area contributed by atoms with Gasteiger partial charge >= 0.3 is 0 Å². The molecule has 110 valence electrons. The minimum Gasteiger partial charge on any atom is -0.376 e. The predicted octanol–water partition coefficient (Wildman–Crippen LogP) is 0.0191. The third-order valence-corrected chi connectivity index (χ3v) is 3.53. The van der Waals surface area contributed by atoms with Crippen molar-refractivity contribution in [3.05, 3.63) is 40.4 Å². The topological polar surface area (TPSA) is 99.2 Å². The van der Waals surface area contributed by atoms with E-state index in [1.165, 1.54) is 0 Å². The van der Waals surface area contributed by atoms with Crippen molar-refractivity contribution < 1.29 is 9.53 Å². The molecule has 0 saturated carbocycles. The highest BCUT2D eigenvalue weighted by Crippen LogP contribution is 2.11. The van der Waals surface area contributed by atoms with Crippen LogP contribution in [0.1, 0.15) is 23.5 Å². The molecule has 1 saturated heterocycles. The highest BCUT2D eigenvalue weighted by Gasteiger charge is 2.19. The molecule has 2 heterocycles. The van der Waals surface area contributed by atoms with Crippen molar-refractivity contribution in [1.29, 1.82) is 0 Å². The van der Waals surface area contributed by atoms with E-state index in [-0.39, 0.29) is 11.9 Å². The molecule has 7 heteroatoms. The Morgan fingerprint density at radius 2 is 2.29 bits per heavy atom. The number of nitrogens with one attached hydrogen (secondary N) is 1. The first-order valence-corrected chi connectivity index (χ1v) is 6.83. The summed E-state index contributed by atoms with van der Waals surface area (Å²) in [6, 6.07) is 6.78. The van der Waals surface area contributed by atoms with Crippen molar-refractivity contribution in [3.8, 4) is 0 Å². The highest BCUT2D eigenvalue weighted by atomic mass is 16.5. The Kier molecular flexibility index (Phi) is 3.57. The monoisotopic (exact) mass is 288 g/mol. The molecule has 3 rings (SSSR count). The summed E-state index contributed by atoms with van der Waals surface area (Å²) in [7, 11) is 0. The van der Waals surface area contributed by atoms with Gasteiger partial charge in [-0.2, -0.15) is 0 Å². The Hall–Kier alpha value is -2.41. The Balaban J connectivity index is 1.87. The lowest BCUT2D eigenvalue weighted by Gasteiger charge is -2.12. The average Bonchev–Trinajstić information content (AvgIpc) is 3.02. The van der Waals surface area contributed by atoms with Crippen LogP contribution in [-0.2, 0) is 4.74 Å². The van der Waals surface area contributed by atoms with Crippen LogP contribution >= 0.6 is 0 Å². The maximum Gasteiger partial charge on any atom is 0.289 e. The van der Waals surface area contributed by atoms with Crippen LogP contribution < -0.4 is 16.7 Å². The number of hydrogen-bond donors (Lipinski definition) is 2. The van der Waals surface area contributed by atoms with Gasteiger partial charge in [0.2, 0.25) is 5.82 Å². The number of nitrogens with zero attached hydrogens (tertiary/aromatic N) is 2. The molecule has 0 aliphatic carbocycles. The third kappa shape index (κ3) is 2.59. The van der Waals surface area contributed by atoms with Gasteiger partial charge in [-0.1, -0.05) is 12.1 Å². The molecule has 1 atom stereocenters. The number of nitrogen functional groups attached to an aromatic ring is 1. The summed E-state index contributed by atoms with van der Waals surface area (Å²) in [6.45, 7) is 1.11. The summed E-state index contributed by atoms with van der Waals surface area (Å²) in [5.41, 5.74) is 0.00864. The van der Waals surface area contributed by atoms with Crippen LogP contribution in [-0.4, -0.2) is 34.8 Å². The van der Waals surface area contributed by atoms with Crippen LogP contribution in [0.5, 0.6) is 0 Å². The van der Waals surface area contributed by atoms with E-state index in [4.69, 9.17) is 10.6 Å². The Morgan fingerprint density at radius 3 is 3.05 bits per heavy atom. The van der Waals surface area contributed by atoms with Gasteiger partial charge in [0.05, 0.1) is 17.0 Å². The molecule has 0 bridgehead atoms. The van der Waals surface area contributed by atoms with E-state index < -0.39 is 11.5 Å². The van der Waals surface area contributed by atoms with Gasteiger partial charge in [0.25, 0.3) is 11.5 Å². The molecule has 1 aromatic carbocycles. The molecule has 3 N–H and O–H groups in total. The zero-order valence-corrected chi connectivity index (χ0v) is 11.4. The number of carbonyl (C=O) groups excluding carboxylic acids is 1. The number of rotatable bonds is 3. The molecule has 1 aromatic heterocycles. The quantitative estimate of drug-likeness (QED) is 0.776. The summed E-state index contributed by atoms with van der Waals surface area (Å²) in [4.78, 5) is 28.4. The maximum absolute atomic E-state index is 12.1. The van der Waals surface area contributed by atoms with Crippen molar-refractivity contribution in [2.75, 3.05) is 19.0 Å². The largest absolute Gasteiger partial charge is 0.376 e. The van der Waals surface area contributed by atoms with Crippen LogP contribution in [0.3, 0.4) is 0 Å². The van der Waals surface area contributed by atoms with E-state index in [0.29, 0.717) is 17.4 Å². The molecule has 1 aliphatic heterocycles. The normalized spacial score (nSPS) is 18.0. The fourth-order valence-electron chi connectivity index (χ4n) is 2.40. The summed E-state index contributed by atoms with van der Waals surface area (Å²) < 4.78 is 6.21. The van der Waals surface area contributed by atoms with Gasteiger partial charge in [-0.05, 0) is 25.0 Å². The molecule has 0 spiro atoms. The standard InChI is InChI=1S/C14H16N4O3/c15-18-12(13(19)16-8-9-4-3-7-21-9)17-11-6-2-1-5-10(11)14(18)20/h1-2,5-6,9H,3-4,7-8,15H2,(H,16,19)/t9-/m1/s1. The van der Waals surface area contributed by atoms with Crippen LogP contribution in [0.4, 0.5) is 0 Å². The number of nitrogens with two attached hydrogens (primary N) is 1. The van der Waals surface area contributed by atoms with E-state index >= 15 is 0 Å². The average molecular weight is 288 g/mol. The van der Waals surface area contributed by atoms with E-state index in [1.54, 1.807) is 24.3 Å². The van der Waals surface area contributed by atoms with Gasteiger partial charge in [-0.15, -0.1) is 0 Å². The fraction of sp³-hybridized carbons (Fsp3) is 0.357. The number of benzene rings is 1. The van der Waals surface area contributed by atoms with Gasteiger partial charge in [0, 0.05) is 13.2 Å². The van der Waals surface area contributed by atoms with Crippen molar-refractivity contribution in [2.45, 2.75) is 18.9 Å². The van der Waals surface area contributed by atoms with Gasteiger partial charge in [-0.25, -0.2) is 9.66 Å². The minimum absolute atomic E-state index is 0.0207. The molecule has 2 aromatic rings. The second-order valence-electron chi connectivity index (χ2n) is 4.97. The Bertz CT molecular complexity index is 735. The molecule has 1 aliphatic rings. The van der Waals surface area contributed by atoms with Gasteiger partial charge in [0.15, 0.2) is 0 Å². The zero-order chi connectivity index (χ0) is 14.8. The molecular weight excluding hydrogens is 272 g/mol. The first-order valence-electron chi connectivity index (χ1n) is 6.83. The van der Waals surface area contributed by atoms with Gasteiger partial charge < -0.3 is 15.9 Å². The van der Waals surface area contributed by atoms with E-state index in [0.717, 1.165) is 24.1 Å². The fourth-order valence-corrected chi connectivity index (χ4v) is 2.40.